The number of halogens is 1. The Bertz CT molecular complexity index is 866. The van der Waals surface area contributed by atoms with Gasteiger partial charge in [0.1, 0.15) is 5.75 Å². The molecule has 21 heavy (non-hydrogen) atoms. The van der Waals surface area contributed by atoms with Crippen molar-refractivity contribution in [3.8, 4) is 16.9 Å². The van der Waals surface area contributed by atoms with Gasteiger partial charge >= 0.3 is 0 Å². The van der Waals surface area contributed by atoms with Crippen LogP contribution in [0.2, 0.25) is 0 Å². The molecule has 0 atom stereocenters. The van der Waals surface area contributed by atoms with E-state index in [-0.39, 0.29) is 5.43 Å². The van der Waals surface area contributed by atoms with E-state index < -0.39 is 0 Å². The van der Waals surface area contributed by atoms with Gasteiger partial charge in [0.15, 0.2) is 5.43 Å². The molecule has 0 amide bonds. The lowest BCUT2D eigenvalue weighted by molar-refractivity contribution is 0.415. The van der Waals surface area contributed by atoms with Crippen LogP contribution in [0.5, 0.6) is 5.75 Å². The van der Waals surface area contributed by atoms with Crippen LogP contribution in [0.4, 0.5) is 0 Å². The van der Waals surface area contributed by atoms with Crippen LogP contribution in [0.1, 0.15) is 5.69 Å². The van der Waals surface area contributed by atoms with Crippen LogP contribution in [0, 0.1) is 6.92 Å². The molecule has 0 aliphatic rings. The molecule has 0 spiro atoms. The molecular weight excluding hydrogens is 330 g/mol. The average molecular weight is 344 g/mol. The van der Waals surface area contributed by atoms with Crippen LogP contribution in [0.15, 0.2) is 51.7 Å². The van der Waals surface area contributed by atoms with Crippen molar-refractivity contribution in [1.82, 2.24) is 4.98 Å². The molecule has 0 fully saturated rings. The fourth-order valence-corrected chi connectivity index (χ4v) is 2.75. The summed E-state index contributed by atoms with van der Waals surface area (Å²) in [5, 5.41) is 0.666. The molecule has 106 valence electrons. The number of ether oxygens (including phenoxy) is 1. The summed E-state index contributed by atoms with van der Waals surface area (Å²) >= 11 is 3.41. The van der Waals surface area contributed by atoms with Crippen LogP contribution < -0.4 is 10.2 Å². The number of fused-ring (bicyclic) bond motifs is 1. The van der Waals surface area contributed by atoms with Crippen LogP contribution in [0.25, 0.3) is 22.0 Å². The molecule has 3 rings (SSSR count). The standard InChI is InChI=1S/C17H14BrNO2/c1-10-16(11-3-5-12(18)6-4-11)17(20)14-8-7-13(21-2)9-15(14)19-10/h3-9H,1-2H3,(H,19,20). The fraction of sp³-hybridized carbons (Fsp3) is 0.118. The maximum absolute atomic E-state index is 12.8. The average Bonchev–Trinajstić information content (AvgIpc) is 2.48. The molecule has 1 N–H and O–H groups in total. The largest absolute Gasteiger partial charge is 0.497 e. The second-order valence-corrected chi connectivity index (χ2v) is 5.79. The minimum Gasteiger partial charge on any atom is -0.497 e. The van der Waals surface area contributed by atoms with Gasteiger partial charge in [0.25, 0.3) is 0 Å². The summed E-state index contributed by atoms with van der Waals surface area (Å²) in [5.41, 5.74) is 3.29. The minimum absolute atomic E-state index is 0.0335. The van der Waals surface area contributed by atoms with Crippen molar-refractivity contribution < 1.29 is 4.74 Å². The Labute approximate surface area is 130 Å². The van der Waals surface area contributed by atoms with Gasteiger partial charge < -0.3 is 9.72 Å². The molecule has 0 aliphatic carbocycles. The first-order valence-electron chi connectivity index (χ1n) is 6.56. The van der Waals surface area contributed by atoms with Crippen molar-refractivity contribution in [1.29, 1.82) is 0 Å². The molecule has 0 bridgehead atoms. The molecule has 0 unspecified atom stereocenters. The predicted molar refractivity (Wildman–Crippen MR) is 89.0 cm³/mol. The third-order valence-corrected chi connectivity index (χ3v) is 4.06. The summed E-state index contributed by atoms with van der Waals surface area (Å²) < 4.78 is 6.19. The molecule has 1 aromatic heterocycles. The monoisotopic (exact) mass is 343 g/mol. The quantitative estimate of drug-likeness (QED) is 0.754. The summed E-state index contributed by atoms with van der Waals surface area (Å²) in [6.45, 7) is 1.91. The van der Waals surface area contributed by atoms with E-state index in [4.69, 9.17) is 4.74 Å². The highest BCUT2D eigenvalue weighted by atomic mass is 79.9. The van der Waals surface area contributed by atoms with Crippen molar-refractivity contribution in [3.63, 3.8) is 0 Å². The third kappa shape index (κ3) is 2.47. The molecule has 3 nitrogen and oxygen atoms in total. The molecule has 2 aromatic carbocycles. The number of methoxy groups -OCH3 is 1. The number of rotatable bonds is 2. The second-order valence-electron chi connectivity index (χ2n) is 4.87. The fourth-order valence-electron chi connectivity index (χ4n) is 2.49. The van der Waals surface area contributed by atoms with E-state index in [2.05, 4.69) is 20.9 Å². The van der Waals surface area contributed by atoms with Gasteiger partial charge in [-0.05, 0) is 36.8 Å². The summed E-state index contributed by atoms with van der Waals surface area (Å²) in [5.74, 6) is 0.731. The first-order valence-corrected chi connectivity index (χ1v) is 7.36. The smallest absolute Gasteiger partial charge is 0.197 e. The number of aromatic nitrogens is 1. The van der Waals surface area contributed by atoms with Crippen LogP contribution in [-0.2, 0) is 0 Å². The van der Waals surface area contributed by atoms with Crippen LogP contribution >= 0.6 is 15.9 Å². The van der Waals surface area contributed by atoms with E-state index in [0.29, 0.717) is 10.9 Å². The van der Waals surface area contributed by atoms with Gasteiger partial charge in [0, 0.05) is 27.2 Å². The maximum Gasteiger partial charge on any atom is 0.197 e. The number of hydrogen-bond donors (Lipinski definition) is 1. The molecule has 0 aliphatic heterocycles. The zero-order chi connectivity index (χ0) is 15.0. The Morgan fingerprint density at radius 2 is 1.81 bits per heavy atom. The second kappa shape index (κ2) is 5.37. The lowest BCUT2D eigenvalue weighted by atomic mass is 10.0. The molecule has 3 aromatic rings. The number of pyridine rings is 1. The number of aromatic amines is 1. The highest BCUT2D eigenvalue weighted by Crippen LogP contribution is 2.25. The van der Waals surface area contributed by atoms with Crippen LogP contribution in [-0.4, -0.2) is 12.1 Å². The minimum atomic E-state index is 0.0335. The first kappa shape index (κ1) is 13.9. The molecular formula is C17H14BrNO2. The normalized spacial score (nSPS) is 10.8. The Kier molecular flexibility index (Phi) is 3.55. The summed E-state index contributed by atoms with van der Waals surface area (Å²) in [4.78, 5) is 16.1. The van der Waals surface area contributed by atoms with Crippen molar-refractivity contribution in [2.45, 2.75) is 6.92 Å². The van der Waals surface area contributed by atoms with Crippen molar-refractivity contribution in [3.05, 3.63) is 62.9 Å². The van der Waals surface area contributed by atoms with Gasteiger partial charge in [-0.3, -0.25) is 4.79 Å². The lowest BCUT2D eigenvalue weighted by Gasteiger charge is -2.09. The first-order chi connectivity index (χ1) is 10.1. The summed E-state index contributed by atoms with van der Waals surface area (Å²) in [6.07, 6.45) is 0. The predicted octanol–water partition coefficient (Wildman–Crippen LogP) is 4.27. The zero-order valence-electron chi connectivity index (χ0n) is 11.7. The van der Waals surface area contributed by atoms with Gasteiger partial charge in [0.05, 0.1) is 12.6 Å². The molecule has 0 saturated carbocycles. The van der Waals surface area contributed by atoms with E-state index in [1.165, 1.54) is 0 Å². The van der Waals surface area contributed by atoms with Gasteiger partial charge in [-0.1, -0.05) is 28.1 Å². The number of nitrogens with one attached hydrogen (secondary N) is 1. The molecule has 1 heterocycles. The Morgan fingerprint density at radius 1 is 1.10 bits per heavy atom. The van der Waals surface area contributed by atoms with E-state index in [0.717, 1.165) is 27.0 Å². The van der Waals surface area contributed by atoms with Gasteiger partial charge in [-0.2, -0.15) is 0 Å². The van der Waals surface area contributed by atoms with Crippen molar-refractivity contribution >= 4 is 26.8 Å². The summed E-state index contributed by atoms with van der Waals surface area (Å²) in [6, 6.07) is 13.2. The molecule has 0 radical (unpaired) electrons. The number of benzene rings is 2. The zero-order valence-corrected chi connectivity index (χ0v) is 13.3. The highest BCUT2D eigenvalue weighted by molar-refractivity contribution is 9.10. The van der Waals surface area contributed by atoms with E-state index >= 15 is 0 Å². The van der Waals surface area contributed by atoms with Gasteiger partial charge in [0.2, 0.25) is 0 Å². The van der Waals surface area contributed by atoms with E-state index in [9.17, 15) is 4.79 Å². The SMILES string of the molecule is COc1ccc2c(=O)c(-c3ccc(Br)cc3)c(C)[nH]c2c1. The Hall–Kier alpha value is -2.07. The molecule has 0 saturated heterocycles. The topological polar surface area (TPSA) is 42.1 Å². The van der Waals surface area contributed by atoms with Gasteiger partial charge in [-0.25, -0.2) is 0 Å². The number of aryl methyl sites for hydroxylation is 1. The Morgan fingerprint density at radius 3 is 2.48 bits per heavy atom. The van der Waals surface area contributed by atoms with Crippen molar-refractivity contribution in [2.24, 2.45) is 0 Å². The number of H-pyrrole nitrogens is 1. The Balaban J connectivity index is 2.29. The van der Waals surface area contributed by atoms with Crippen molar-refractivity contribution in [2.75, 3.05) is 7.11 Å². The highest BCUT2D eigenvalue weighted by Gasteiger charge is 2.11. The molecule has 4 heteroatoms. The summed E-state index contributed by atoms with van der Waals surface area (Å²) in [7, 11) is 1.61. The van der Waals surface area contributed by atoms with E-state index in [1.807, 2.05) is 37.3 Å². The van der Waals surface area contributed by atoms with E-state index in [1.54, 1.807) is 19.2 Å². The third-order valence-electron chi connectivity index (χ3n) is 3.53. The maximum atomic E-state index is 12.8. The van der Waals surface area contributed by atoms with Crippen LogP contribution in [0.3, 0.4) is 0 Å². The van der Waals surface area contributed by atoms with Gasteiger partial charge in [-0.15, -0.1) is 0 Å². The number of hydrogen-bond acceptors (Lipinski definition) is 2. The lowest BCUT2D eigenvalue weighted by Crippen LogP contribution is -2.09.